The Morgan fingerprint density at radius 1 is 1.12 bits per heavy atom. The Morgan fingerprint density at radius 2 is 1.81 bits per heavy atom. The molecule has 0 saturated heterocycles. The van der Waals surface area contributed by atoms with Crippen molar-refractivity contribution in [2.75, 3.05) is 0 Å². The van der Waals surface area contributed by atoms with Gasteiger partial charge in [-0.2, -0.15) is 0 Å². The fourth-order valence-corrected chi connectivity index (χ4v) is 1.93. The molecule has 1 rings (SSSR count). The van der Waals surface area contributed by atoms with Gasteiger partial charge in [-0.25, -0.2) is 0 Å². The maximum atomic E-state index is 2.45. The van der Waals surface area contributed by atoms with Crippen molar-refractivity contribution in [3.63, 3.8) is 0 Å². The summed E-state index contributed by atoms with van der Waals surface area (Å²) in [6.07, 6.45) is 8.70. The van der Waals surface area contributed by atoms with Crippen LogP contribution in [0, 0.1) is 6.42 Å². The fourth-order valence-electron chi connectivity index (χ4n) is 1.93. The van der Waals surface area contributed by atoms with Crippen molar-refractivity contribution in [2.45, 2.75) is 58.8 Å². The van der Waals surface area contributed by atoms with Gasteiger partial charge in [-0.1, -0.05) is 64.3 Å². The number of hydrogen-bond donors (Lipinski definition) is 0. The SMILES string of the molecule is CCCC[CH]CC(C)c1ccc(CC)cc1. The van der Waals surface area contributed by atoms with Crippen LogP contribution < -0.4 is 0 Å². The molecule has 0 aliphatic carbocycles. The van der Waals surface area contributed by atoms with E-state index in [-0.39, 0.29) is 0 Å². The first-order valence-corrected chi connectivity index (χ1v) is 6.68. The van der Waals surface area contributed by atoms with Crippen molar-refractivity contribution in [2.24, 2.45) is 0 Å². The van der Waals surface area contributed by atoms with Crippen LogP contribution in [0.1, 0.15) is 63.5 Å². The first-order valence-electron chi connectivity index (χ1n) is 6.68. The molecule has 16 heavy (non-hydrogen) atoms. The van der Waals surface area contributed by atoms with Crippen LogP contribution in [0.15, 0.2) is 24.3 Å². The highest BCUT2D eigenvalue weighted by Crippen LogP contribution is 2.21. The molecule has 1 aromatic rings. The molecule has 0 heterocycles. The van der Waals surface area contributed by atoms with E-state index in [0.29, 0.717) is 5.92 Å². The van der Waals surface area contributed by atoms with E-state index in [9.17, 15) is 0 Å². The second kappa shape index (κ2) is 7.49. The molecule has 1 unspecified atom stereocenters. The van der Waals surface area contributed by atoms with E-state index in [0.717, 1.165) is 6.42 Å². The largest absolute Gasteiger partial charge is 0.0654 e. The molecule has 1 aromatic carbocycles. The number of aryl methyl sites for hydroxylation is 1. The van der Waals surface area contributed by atoms with Crippen molar-refractivity contribution < 1.29 is 0 Å². The average Bonchev–Trinajstić information content (AvgIpc) is 2.34. The normalized spacial score (nSPS) is 12.7. The van der Waals surface area contributed by atoms with E-state index in [1.807, 2.05) is 0 Å². The summed E-state index contributed by atoms with van der Waals surface area (Å²) in [5.41, 5.74) is 2.91. The molecular weight excluding hydrogens is 192 g/mol. The number of hydrogen-bond acceptors (Lipinski definition) is 0. The Hall–Kier alpha value is -0.780. The maximum absolute atomic E-state index is 2.45. The van der Waals surface area contributed by atoms with E-state index < -0.39 is 0 Å². The van der Waals surface area contributed by atoms with Crippen LogP contribution in [-0.2, 0) is 6.42 Å². The summed E-state index contributed by atoms with van der Waals surface area (Å²) >= 11 is 0. The highest BCUT2D eigenvalue weighted by Gasteiger charge is 2.04. The summed E-state index contributed by atoms with van der Waals surface area (Å²) in [5, 5.41) is 0. The van der Waals surface area contributed by atoms with Gasteiger partial charge < -0.3 is 0 Å². The van der Waals surface area contributed by atoms with E-state index in [4.69, 9.17) is 0 Å². The third-order valence-corrected chi connectivity index (χ3v) is 3.24. The van der Waals surface area contributed by atoms with Crippen LogP contribution in [0.2, 0.25) is 0 Å². The van der Waals surface area contributed by atoms with Crippen molar-refractivity contribution >= 4 is 0 Å². The molecule has 0 aromatic heterocycles. The maximum Gasteiger partial charge on any atom is -0.0188 e. The minimum atomic E-state index is 0.669. The Labute approximate surface area is 101 Å². The van der Waals surface area contributed by atoms with Crippen molar-refractivity contribution in [3.8, 4) is 0 Å². The lowest BCUT2D eigenvalue weighted by Crippen LogP contribution is -1.94. The molecule has 0 aliphatic heterocycles. The average molecular weight is 217 g/mol. The van der Waals surface area contributed by atoms with Crippen molar-refractivity contribution in [3.05, 3.63) is 41.8 Å². The first-order chi connectivity index (χ1) is 7.77. The Kier molecular flexibility index (Phi) is 6.22. The summed E-state index contributed by atoms with van der Waals surface area (Å²) in [6, 6.07) is 9.10. The van der Waals surface area contributed by atoms with Gasteiger partial charge in [-0.05, 0) is 36.3 Å². The lowest BCUT2D eigenvalue weighted by molar-refractivity contribution is 0.683. The van der Waals surface area contributed by atoms with E-state index in [2.05, 4.69) is 51.5 Å². The molecule has 0 aliphatic rings. The zero-order valence-electron chi connectivity index (χ0n) is 11.0. The van der Waals surface area contributed by atoms with Crippen LogP contribution >= 0.6 is 0 Å². The van der Waals surface area contributed by atoms with Crippen LogP contribution in [0.4, 0.5) is 0 Å². The van der Waals surface area contributed by atoms with Gasteiger partial charge in [-0.3, -0.25) is 0 Å². The standard InChI is InChI=1S/C16H25/c1-4-6-7-8-9-14(3)16-12-10-15(5-2)11-13-16/h8,10-14H,4-7,9H2,1-3H3. The third-order valence-electron chi connectivity index (χ3n) is 3.24. The molecule has 0 nitrogen and oxygen atoms in total. The number of rotatable bonds is 7. The van der Waals surface area contributed by atoms with Crippen molar-refractivity contribution in [1.82, 2.24) is 0 Å². The molecule has 0 heteroatoms. The fraction of sp³-hybridized carbons (Fsp3) is 0.562. The molecule has 0 saturated carbocycles. The smallest absolute Gasteiger partial charge is 0.0188 e. The summed E-state index contributed by atoms with van der Waals surface area (Å²) in [4.78, 5) is 0. The highest BCUT2D eigenvalue weighted by molar-refractivity contribution is 5.25. The first kappa shape index (κ1) is 13.3. The van der Waals surface area contributed by atoms with Gasteiger partial charge in [0.1, 0.15) is 0 Å². The predicted octanol–water partition coefficient (Wildman–Crippen LogP) is 5.14. The Bertz CT molecular complexity index is 271. The van der Waals surface area contributed by atoms with Gasteiger partial charge in [0.15, 0.2) is 0 Å². The highest BCUT2D eigenvalue weighted by atomic mass is 14.1. The van der Waals surface area contributed by atoms with Crippen LogP contribution in [0.25, 0.3) is 0 Å². The van der Waals surface area contributed by atoms with Gasteiger partial charge in [0.25, 0.3) is 0 Å². The van der Waals surface area contributed by atoms with Crippen molar-refractivity contribution in [1.29, 1.82) is 0 Å². The van der Waals surface area contributed by atoms with Gasteiger partial charge in [0.2, 0.25) is 0 Å². The van der Waals surface area contributed by atoms with E-state index in [1.165, 1.54) is 36.8 Å². The van der Waals surface area contributed by atoms with Gasteiger partial charge in [0.05, 0.1) is 0 Å². The number of benzene rings is 1. The van der Waals surface area contributed by atoms with Crippen LogP contribution in [0.3, 0.4) is 0 Å². The monoisotopic (exact) mass is 217 g/mol. The molecule has 89 valence electrons. The minimum Gasteiger partial charge on any atom is -0.0654 e. The molecule has 0 spiro atoms. The van der Waals surface area contributed by atoms with Crippen LogP contribution in [-0.4, -0.2) is 0 Å². The number of unbranched alkanes of at least 4 members (excludes halogenated alkanes) is 3. The van der Waals surface area contributed by atoms with Crippen LogP contribution in [0.5, 0.6) is 0 Å². The second-order valence-electron chi connectivity index (χ2n) is 4.66. The lowest BCUT2D eigenvalue weighted by Gasteiger charge is -2.11. The van der Waals surface area contributed by atoms with E-state index in [1.54, 1.807) is 0 Å². The quantitative estimate of drug-likeness (QED) is 0.555. The minimum absolute atomic E-state index is 0.669. The summed E-state index contributed by atoms with van der Waals surface area (Å²) < 4.78 is 0. The molecule has 0 amide bonds. The lowest BCUT2D eigenvalue weighted by atomic mass is 9.94. The Morgan fingerprint density at radius 3 is 2.38 bits per heavy atom. The summed E-state index contributed by atoms with van der Waals surface area (Å²) in [7, 11) is 0. The third kappa shape index (κ3) is 4.38. The molecule has 1 radical (unpaired) electrons. The zero-order chi connectivity index (χ0) is 11.8. The summed E-state index contributed by atoms with van der Waals surface area (Å²) in [6.45, 7) is 6.78. The van der Waals surface area contributed by atoms with Gasteiger partial charge >= 0.3 is 0 Å². The van der Waals surface area contributed by atoms with Gasteiger partial charge in [0, 0.05) is 0 Å². The second-order valence-corrected chi connectivity index (χ2v) is 4.66. The molecule has 0 bridgehead atoms. The molecule has 0 N–H and O–H groups in total. The van der Waals surface area contributed by atoms with Gasteiger partial charge in [-0.15, -0.1) is 0 Å². The molecule has 1 atom stereocenters. The molecule has 0 fully saturated rings. The zero-order valence-corrected chi connectivity index (χ0v) is 11.0. The molecular formula is C16H25. The summed E-state index contributed by atoms with van der Waals surface area (Å²) in [5.74, 6) is 0.669. The van der Waals surface area contributed by atoms with E-state index >= 15 is 0 Å². The predicted molar refractivity (Wildman–Crippen MR) is 72.7 cm³/mol. The Balaban J connectivity index is 2.37. The topological polar surface area (TPSA) is 0 Å².